The van der Waals surface area contributed by atoms with Crippen molar-refractivity contribution in [3.05, 3.63) is 30.3 Å². The molecule has 1 nitrogen and oxygen atoms in total. The molecule has 0 unspecified atom stereocenters. The van der Waals surface area contributed by atoms with Gasteiger partial charge in [-0.1, -0.05) is 44.5 Å². The standard InChI is InChI=1S/C11H18NSi/c1-3-4-10-13(2)12-11-8-6-5-7-9-11/h5-9,12H,3-4,10H2,1-2H3. The van der Waals surface area contributed by atoms with E-state index in [0.717, 1.165) is 0 Å². The molecule has 0 saturated heterocycles. The van der Waals surface area contributed by atoms with Gasteiger partial charge < -0.3 is 4.98 Å². The maximum absolute atomic E-state index is 3.58. The molecule has 0 heterocycles. The first-order valence-corrected chi connectivity index (χ1v) is 7.18. The Balaban J connectivity index is 2.32. The highest BCUT2D eigenvalue weighted by Gasteiger charge is 2.02. The first-order valence-electron chi connectivity index (χ1n) is 4.97. The molecule has 2 heteroatoms. The number of para-hydroxylation sites is 1. The van der Waals surface area contributed by atoms with Gasteiger partial charge in [0.1, 0.15) is 0 Å². The van der Waals surface area contributed by atoms with E-state index in [-0.39, 0.29) is 8.96 Å². The van der Waals surface area contributed by atoms with Crippen LogP contribution in [-0.4, -0.2) is 8.96 Å². The summed E-state index contributed by atoms with van der Waals surface area (Å²) in [5, 5.41) is 0. The van der Waals surface area contributed by atoms with Gasteiger partial charge in [0.15, 0.2) is 8.96 Å². The fourth-order valence-electron chi connectivity index (χ4n) is 1.27. The zero-order valence-electron chi connectivity index (χ0n) is 8.51. The second kappa shape index (κ2) is 5.81. The Morgan fingerprint density at radius 1 is 1.23 bits per heavy atom. The van der Waals surface area contributed by atoms with E-state index in [1.807, 2.05) is 0 Å². The SMILES string of the molecule is CCCC[Si](C)Nc1ccccc1. The quantitative estimate of drug-likeness (QED) is 0.704. The van der Waals surface area contributed by atoms with Gasteiger partial charge in [-0.3, -0.25) is 0 Å². The van der Waals surface area contributed by atoms with E-state index >= 15 is 0 Å². The molecule has 1 N–H and O–H groups in total. The average molecular weight is 192 g/mol. The molecular formula is C11H18NSi. The Morgan fingerprint density at radius 2 is 1.92 bits per heavy atom. The van der Waals surface area contributed by atoms with E-state index in [1.165, 1.54) is 24.6 Å². The van der Waals surface area contributed by atoms with Crippen LogP contribution in [0.15, 0.2) is 30.3 Å². The molecule has 0 fully saturated rings. The average Bonchev–Trinajstić information content (AvgIpc) is 2.16. The number of nitrogens with one attached hydrogen (secondary N) is 1. The molecule has 1 aromatic rings. The minimum atomic E-state index is -0.355. The van der Waals surface area contributed by atoms with Crippen LogP contribution in [0.5, 0.6) is 0 Å². The highest BCUT2D eigenvalue weighted by atomic mass is 28.3. The zero-order valence-corrected chi connectivity index (χ0v) is 9.51. The first-order chi connectivity index (χ1) is 6.33. The molecule has 71 valence electrons. The third-order valence-electron chi connectivity index (χ3n) is 2.04. The molecule has 0 aliphatic carbocycles. The van der Waals surface area contributed by atoms with Crippen molar-refractivity contribution in [2.24, 2.45) is 0 Å². The maximum Gasteiger partial charge on any atom is 0.163 e. The van der Waals surface area contributed by atoms with Crippen molar-refractivity contribution in [1.29, 1.82) is 0 Å². The molecule has 0 aliphatic rings. The van der Waals surface area contributed by atoms with Gasteiger partial charge in [-0.05, 0) is 18.2 Å². The van der Waals surface area contributed by atoms with Gasteiger partial charge in [0.25, 0.3) is 0 Å². The number of rotatable bonds is 5. The third kappa shape index (κ3) is 4.13. The van der Waals surface area contributed by atoms with Crippen molar-refractivity contribution in [1.82, 2.24) is 0 Å². The van der Waals surface area contributed by atoms with Gasteiger partial charge in [-0.2, -0.15) is 0 Å². The van der Waals surface area contributed by atoms with Gasteiger partial charge >= 0.3 is 0 Å². The van der Waals surface area contributed by atoms with Crippen LogP contribution in [0.3, 0.4) is 0 Å². The van der Waals surface area contributed by atoms with Crippen molar-refractivity contribution in [3.63, 3.8) is 0 Å². The van der Waals surface area contributed by atoms with Gasteiger partial charge in [0, 0.05) is 5.69 Å². The summed E-state index contributed by atoms with van der Waals surface area (Å²) in [7, 11) is -0.355. The largest absolute Gasteiger partial charge is 0.411 e. The minimum Gasteiger partial charge on any atom is -0.411 e. The van der Waals surface area contributed by atoms with E-state index in [4.69, 9.17) is 0 Å². The van der Waals surface area contributed by atoms with E-state index < -0.39 is 0 Å². The topological polar surface area (TPSA) is 12.0 Å². The minimum absolute atomic E-state index is 0.355. The van der Waals surface area contributed by atoms with Crippen molar-refractivity contribution in [2.75, 3.05) is 4.98 Å². The second-order valence-electron chi connectivity index (χ2n) is 3.37. The lowest BCUT2D eigenvalue weighted by Crippen LogP contribution is -2.19. The van der Waals surface area contributed by atoms with Crippen molar-refractivity contribution >= 4 is 14.6 Å². The van der Waals surface area contributed by atoms with Gasteiger partial charge in [0.2, 0.25) is 0 Å². The van der Waals surface area contributed by atoms with Crippen LogP contribution in [-0.2, 0) is 0 Å². The van der Waals surface area contributed by atoms with Crippen LogP contribution in [0.1, 0.15) is 19.8 Å². The lowest BCUT2D eigenvalue weighted by Gasteiger charge is -2.11. The normalized spacial score (nSPS) is 10.4. The summed E-state index contributed by atoms with van der Waals surface area (Å²) >= 11 is 0. The van der Waals surface area contributed by atoms with Crippen molar-refractivity contribution in [3.8, 4) is 0 Å². The number of hydrogen-bond acceptors (Lipinski definition) is 1. The van der Waals surface area contributed by atoms with Crippen LogP contribution < -0.4 is 4.98 Å². The van der Waals surface area contributed by atoms with Crippen LogP contribution in [0, 0.1) is 0 Å². The summed E-state index contributed by atoms with van der Waals surface area (Å²) in [5.74, 6) is 0. The Morgan fingerprint density at radius 3 is 2.54 bits per heavy atom. The summed E-state index contributed by atoms with van der Waals surface area (Å²) in [6.07, 6.45) is 2.66. The van der Waals surface area contributed by atoms with Crippen LogP contribution in [0.25, 0.3) is 0 Å². The molecule has 0 bridgehead atoms. The van der Waals surface area contributed by atoms with Crippen LogP contribution in [0.4, 0.5) is 5.69 Å². The Bertz CT molecular complexity index is 223. The van der Waals surface area contributed by atoms with Gasteiger partial charge in [-0.15, -0.1) is 0 Å². The number of hydrogen-bond donors (Lipinski definition) is 1. The first kappa shape index (κ1) is 10.3. The predicted molar refractivity (Wildman–Crippen MR) is 61.4 cm³/mol. The lowest BCUT2D eigenvalue weighted by atomic mass is 10.3. The van der Waals surface area contributed by atoms with Crippen LogP contribution in [0.2, 0.25) is 12.6 Å². The van der Waals surface area contributed by atoms with Crippen LogP contribution >= 0.6 is 0 Å². The van der Waals surface area contributed by atoms with Gasteiger partial charge in [-0.25, -0.2) is 0 Å². The summed E-state index contributed by atoms with van der Waals surface area (Å²) < 4.78 is 0. The molecule has 0 spiro atoms. The summed E-state index contributed by atoms with van der Waals surface area (Å²) in [6.45, 7) is 4.59. The summed E-state index contributed by atoms with van der Waals surface area (Å²) in [6, 6.07) is 11.9. The third-order valence-corrected chi connectivity index (χ3v) is 3.86. The van der Waals surface area contributed by atoms with Gasteiger partial charge in [0.05, 0.1) is 0 Å². The molecule has 0 aromatic heterocycles. The molecule has 0 atom stereocenters. The summed E-state index contributed by atoms with van der Waals surface area (Å²) in [4.78, 5) is 3.58. The van der Waals surface area contributed by atoms with Crippen molar-refractivity contribution in [2.45, 2.75) is 32.4 Å². The highest BCUT2D eigenvalue weighted by molar-refractivity contribution is 6.60. The highest BCUT2D eigenvalue weighted by Crippen LogP contribution is 2.08. The van der Waals surface area contributed by atoms with E-state index in [0.29, 0.717) is 0 Å². The Labute approximate surface area is 82.9 Å². The molecule has 0 amide bonds. The molecular weight excluding hydrogens is 174 g/mol. The molecule has 1 rings (SSSR count). The molecule has 1 radical (unpaired) electrons. The number of anilines is 1. The fourth-order valence-corrected chi connectivity index (χ4v) is 2.94. The summed E-state index contributed by atoms with van der Waals surface area (Å²) in [5.41, 5.74) is 1.27. The zero-order chi connectivity index (χ0) is 9.52. The van der Waals surface area contributed by atoms with E-state index in [1.54, 1.807) is 0 Å². The maximum atomic E-state index is 3.58. The van der Waals surface area contributed by atoms with Crippen molar-refractivity contribution < 1.29 is 0 Å². The molecule has 13 heavy (non-hydrogen) atoms. The van der Waals surface area contributed by atoms with E-state index in [9.17, 15) is 0 Å². The Hall–Kier alpha value is -0.763. The number of unbranched alkanes of at least 4 members (excludes halogenated alkanes) is 1. The van der Waals surface area contributed by atoms with E-state index in [2.05, 4.69) is 48.8 Å². The predicted octanol–water partition coefficient (Wildman–Crippen LogP) is 3.52. The molecule has 1 aromatic carbocycles. The molecule has 0 saturated carbocycles. The Kier molecular flexibility index (Phi) is 4.61. The second-order valence-corrected chi connectivity index (χ2v) is 5.69. The molecule has 0 aliphatic heterocycles. The lowest BCUT2D eigenvalue weighted by molar-refractivity contribution is 0.875. The fraction of sp³-hybridized carbons (Fsp3) is 0.455. The monoisotopic (exact) mass is 192 g/mol. The number of benzene rings is 1. The smallest absolute Gasteiger partial charge is 0.163 e.